The van der Waals surface area contributed by atoms with Gasteiger partial charge in [0.1, 0.15) is 11.5 Å². The second kappa shape index (κ2) is 6.63. The summed E-state index contributed by atoms with van der Waals surface area (Å²) in [5.41, 5.74) is 1.64. The number of hydrogen-bond acceptors (Lipinski definition) is 4. The molecule has 0 saturated heterocycles. The minimum Gasteiger partial charge on any atom is -0.457 e. The van der Waals surface area contributed by atoms with Crippen LogP contribution in [-0.2, 0) is 10.0 Å². The van der Waals surface area contributed by atoms with Crippen LogP contribution >= 0.6 is 11.6 Å². The molecule has 0 N–H and O–H groups in total. The Morgan fingerprint density at radius 1 is 1.08 bits per heavy atom. The third-order valence-electron chi connectivity index (χ3n) is 4.05. The fraction of sp³-hybridized carbons (Fsp3) is 0.105. The van der Waals surface area contributed by atoms with E-state index < -0.39 is 10.0 Å². The maximum atomic E-state index is 11.9. The van der Waals surface area contributed by atoms with Gasteiger partial charge in [0.15, 0.2) is 5.84 Å². The first-order chi connectivity index (χ1) is 12.5. The van der Waals surface area contributed by atoms with Gasteiger partial charge in [0, 0.05) is 23.3 Å². The van der Waals surface area contributed by atoms with Crippen LogP contribution in [0.1, 0.15) is 5.56 Å². The molecule has 2 aromatic carbocycles. The molecule has 0 atom stereocenters. The van der Waals surface area contributed by atoms with Gasteiger partial charge < -0.3 is 9.64 Å². The van der Waals surface area contributed by atoms with Crippen LogP contribution < -0.4 is 4.74 Å². The summed E-state index contributed by atoms with van der Waals surface area (Å²) in [4.78, 5) is 1.85. The monoisotopic (exact) mass is 386 g/mol. The van der Waals surface area contributed by atoms with Crippen LogP contribution in [0, 0.1) is 0 Å². The molecule has 2 aliphatic heterocycles. The van der Waals surface area contributed by atoms with Gasteiger partial charge in [-0.2, -0.15) is 0 Å². The molecule has 0 radical (unpaired) electrons. The van der Waals surface area contributed by atoms with E-state index in [9.17, 15) is 8.42 Å². The first-order valence-electron chi connectivity index (χ1n) is 8.02. The lowest BCUT2D eigenvalue weighted by Crippen LogP contribution is -2.37. The zero-order valence-electron chi connectivity index (χ0n) is 13.7. The predicted octanol–water partition coefficient (Wildman–Crippen LogP) is 4.09. The molecule has 0 amide bonds. The maximum absolute atomic E-state index is 11.9. The number of allylic oxidation sites excluding steroid dienone is 2. The number of hydrogen-bond donors (Lipinski definition) is 0. The molecule has 0 saturated carbocycles. The predicted molar refractivity (Wildman–Crippen MR) is 103 cm³/mol. The molecule has 2 heterocycles. The van der Waals surface area contributed by atoms with Gasteiger partial charge in [-0.05, 0) is 48.0 Å². The smallest absolute Gasteiger partial charge is 0.256 e. The van der Waals surface area contributed by atoms with Gasteiger partial charge >= 0.3 is 0 Å². The summed E-state index contributed by atoms with van der Waals surface area (Å²) in [6, 6.07) is 14.6. The number of fused-ring (bicyclic) bond motifs is 1. The van der Waals surface area contributed by atoms with Crippen LogP contribution in [0.5, 0.6) is 11.5 Å². The van der Waals surface area contributed by atoms with E-state index in [-0.39, 0.29) is 5.75 Å². The average molecular weight is 387 g/mol. The second-order valence-electron chi connectivity index (χ2n) is 5.90. The molecule has 0 unspecified atom stereocenters. The van der Waals surface area contributed by atoms with Gasteiger partial charge in [-0.1, -0.05) is 29.8 Å². The minimum atomic E-state index is -3.41. The zero-order valence-corrected chi connectivity index (χ0v) is 15.2. The Hall–Kier alpha value is -2.57. The number of sulfonamides is 1. The lowest BCUT2D eigenvalue weighted by molar-refractivity contribution is 0.482. The van der Waals surface area contributed by atoms with Crippen molar-refractivity contribution in [3.05, 3.63) is 77.5 Å². The number of amidine groups is 1. The SMILES string of the molecule is O=S1(=O)CCN2C=CC=C(c3ccc(Oc4cccc(Cl)c4)cc3)C2=N1. The number of ether oxygens (including phenoxy) is 1. The summed E-state index contributed by atoms with van der Waals surface area (Å²) in [7, 11) is -3.41. The van der Waals surface area contributed by atoms with Gasteiger partial charge in [0.25, 0.3) is 10.0 Å². The van der Waals surface area contributed by atoms with Crippen LogP contribution in [0.15, 0.2) is 71.3 Å². The Morgan fingerprint density at radius 3 is 2.65 bits per heavy atom. The molecule has 26 heavy (non-hydrogen) atoms. The Labute approximate surface area is 156 Å². The Kier molecular flexibility index (Phi) is 4.30. The minimum absolute atomic E-state index is 0.0283. The quantitative estimate of drug-likeness (QED) is 0.797. The van der Waals surface area contributed by atoms with Crippen molar-refractivity contribution >= 4 is 33.0 Å². The molecule has 2 aromatic rings. The van der Waals surface area contributed by atoms with Crippen molar-refractivity contribution in [1.29, 1.82) is 0 Å². The topological polar surface area (TPSA) is 59.0 Å². The Balaban J connectivity index is 1.61. The van der Waals surface area contributed by atoms with E-state index in [0.717, 1.165) is 11.1 Å². The van der Waals surface area contributed by atoms with Crippen molar-refractivity contribution in [2.75, 3.05) is 12.3 Å². The van der Waals surface area contributed by atoms with E-state index in [1.54, 1.807) is 12.1 Å². The first-order valence-corrected chi connectivity index (χ1v) is 10.0. The number of benzene rings is 2. The van der Waals surface area contributed by atoms with E-state index in [1.165, 1.54) is 0 Å². The van der Waals surface area contributed by atoms with Crippen LogP contribution in [0.3, 0.4) is 0 Å². The fourth-order valence-electron chi connectivity index (χ4n) is 2.81. The van der Waals surface area contributed by atoms with Crippen LogP contribution in [0.2, 0.25) is 5.02 Å². The molecule has 0 bridgehead atoms. The highest BCUT2D eigenvalue weighted by molar-refractivity contribution is 7.90. The molecule has 7 heteroatoms. The van der Waals surface area contributed by atoms with Crippen molar-refractivity contribution in [3.63, 3.8) is 0 Å². The molecular weight excluding hydrogens is 372 g/mol. The molecule has 132 valence electrons. The largest absolute Gasteiger partial charge is 0.457 e. The van der Waals surface area contributed by atoms with E-state index in [4.69, 9.17) is 16.3 Å². The Bertz CT molecular complexity index is 1040. The van der Waals surface area contributed by atoms with E-state index in [1.807, 2.05) is 59.7 Å². The maximum Gasteiger partial charge on any atom is 0.256 e. The second-order valence-corrected chi connectivity index (χ2v) is 8.09. The molecule has 4 rings (SSSR count). The van der Waals surface area contributed by atoms with Gasteiger partial charge in [0.05, 0.1) is 5.75 Å². The third kappa shape index (κ3) is 3.52. The number of nitrogens with zero attached hydrogens (tertiary/aromatic N) is 2. The van der Waals surface area contributed by atoms with E-state index >= 15 is 0 Å². The van der Waals surface area contributed by atoms with E-state index in [2.05, 4.69) is 4.40 Å². The molecule has 2 aliphatic rings. The molecule has 0 aromatic heterocycles. The summed E-state index contributed by atoms with van der Waals surface area (Å²) in [5.74, 6) is 1.81. The Morgan fingerprint density at radius 2 is 1.88 bits per heavy atom. The molecule has 0 spiro atoms. The van der Waals surface area contributed by atoms with Crippen molar-refractivity contribution in [3.8, 4) is 11.5 Å². The lowest BCUT2D eigenvalue weighted by atomic mass is 10.0. The summed E-state index contributed by atoms with van der Waals surface area (Å²) < 4.78 is 33.5. The standard InChI is InChI=1S/C19H15ClN2O3S/c20-15-3-1-4-17(13-15)25-16-8-6-14(7-9-16)18-5-2-10-22-11-12-26(23,24)21-19(18)22/h1-10,13H,11-12H2. The molecule has 0 aliphatic carbocycles. The normalized spacial score (nSPS) is 18.0. The molecule has 0 fully saturated rings. The summed E-state index contributed by atoms with van der Waals surface area (Å²) in [6.45, 7) is 0.408. The molecule has 5 nitrogen and oxygen atoms in total. The van der Waals surface area contributed by atoms with Crippen LogP contribution in [-0.4, -0.2) is 31.5 Å². The van der Waals surface area contributed by atoms with E-state index in [0.29, 0.717) is 28.9 Å². The highest BCUT2D eigenvalue weighted by Crippen LogP contribution is 2.29. The van der Waals surface area contributed by atoms with Crippen molar-refractivity contribution in [1.82, 2.24) is 4.90 Å². The summed E-state index contributed by atoms with van der Waals surface area (Å²) in [6.07, 6.45) is 5.60. The summed E-state index contributed by atoms with van der Waals surface area (Å²) >= 11 is 5.97. The highest BCUT2D eigenvalue weighted by atomic mass is 35.5. The van der Waals surface area contributed by atoms with Crippen molar-refractivity contribution in [2.45, 2.75) is 0 Å². The van der Waals surface area contributed by atoms with Crippen LogP contribution in [0.4, 0.5) is 0 Å². The van der Waals surface area contributed by atoms with Crippen molar-refractivity contribution in [2.24, 2.45) is 4.40 Å². The number of halogens is 1. The fourth-order valence-corrected chi connectivity index (χ4v) is 3.98. The van der Waals surface area contributed by atoms with Gasteiger partial charge in [-0.15, -0.1) is 4.40 Å². The first kappa shape index (κ1) is 16.9. The van der Waals surface area contributed by atoms with Gasteiger partial charge in [0.2, 0.25) is 0 Å². The zero-order chi connectivity index (χ0) is 18.1. The summed E-state index contributed by atoms with van der Waals surface area (Å²) in [5, 5.41) is 0.606. The van der Waals surface area contributed by atoms with Crippen LogP contribution in [0.25, 0.3) is 5.57 Å². The molecular formula is C19H15ClN2O3S. The van der Waals surface area contributed by atoms with Gasteiger partial charge in [-0.3, -0.25) is 0 Å². The highest BCUT2D eigenvalue weighted by Gasteiger charge is 2.27. The van der Waals surface area contributed by atoms with Gasteiger partial charge in [-0.25, -0.2) is 8.42 Å². The number of rotatable bonds is 3. The third-order valence-corrected chi connectivity index (χ3v) is 5.44. The average Bonchev–Trinajstić information content (AvgIpc) is 2.61. The lowest BCUT2D eigenvalue weighted by Gasteiger charge is -2.29. The van der Waals surface area contributed by atoms with Crippen molar-refractivity contribution < 1.29 is 13.2 Å².